The molecule has 2 aliphatic carbocycles. The van der Waals surface area contributed by atoms with Crippen LogP contribution in [0.15, 0.2) is 0 Å². The molecule has 0 aliphatic heterocycles. The molecule has 0 spiro atoms. The van der Waals surface area contributed by atoms with Crippen molar-refractivity contribution in [2.45, 2.75) is 99.8 Å². The van der Waals surface area contributed by atoms with Crippen LogP contribution in [0.1, 0.15) is 99.8 Å². The number of hydrogen-bond acceptors (Lipinski definition) is 3. The Morgan fingerprint density at radius 3 is 1.74 bits per heavy atom. The van der Waals surface area contributed by atoms with E-state index in [0.29, 0.717) is 16.6 Å². The number of amides is 1. The minimum atomic E-state index is -2.73. The lowest BCUT2D eigenvalue weighted by Crippen LogP contribution is -2.28. The fourth-order valence-electron chi connectivity index (χ4n) is 3.87. The van der Waals surface area contributed by atoms with E-state index < -0.39 is 9.84 Å². The molecule has 0 aromatic carbocycles. The highest BCUT2D eigenvalue weighted by atomic mass is 32.2. The van der Waals surface area contributed by atoms with Gasteiger partial charge in [0.2, 0.25) is 5.91 Å². The van der Waals surface area contributed by atoms with Crippen molar-refractivity contribution >= 4 is 15.7 Å². The van der Waals surface area contributed by atoms with E-state index in [4.69, 9.17) is 0 Å². The monoisotopic (exact) mass is 405 g/mol. The number of nitrogens with zero attached hydrogens (tertiary/aromatic N) is 1. The van der Waals surface area contributed by atoms with E-state index >= 15 is 0 Å². The molecule has 164 valence electrons. The minimum absolute atomic E-state index is 0. The molecule has 2 fully saturated rings. The maximum absolute atomic E-state index is 11.0. The lowest BCUT2D eigenvalue weighted by molar-refractivity contribution is -0.127. The Kier molecular flexibility index (Phi) is 12.8. The van der Waals surface area contributed by atoms with Crippen molar-refractivity contribution in [3.05, 3.63) is 0 Å². The zero-order chi connectivity index (χ0) is 19.1. The van der Waals surface area contributed by atoms with Crippen LogP contribution < -0.4 is 0 Å². The molecule has 2 saturated carbocycles. The maximum Gasteiger partial charge on any atom is 0.219 e. The first-order chi connectivity index (χ1) is 11.4. The first-order valence-corrected chi connectivity index (χ1v) is 11.9. The van der Waals surface area contributed by atoms with Crippen molar-refractivity contribution < 1.29 is 13.2 Å². The van der Waals surface area contributed by atoms with Gasteiger partial charge < -0.3 is 4.90 Å². The van der Waals surface area contributed by atoms with Crippen molar-refractivity contribution in [2.24, 2.45) is 10.8 Å². The van der Waals surface area contributed by atoms with Crippen molar-refractivity contribution in [3.8, 4) is 0 Å². The van der Waals surface area contributed by atoms with Gasteiger partial charge in [-0.15, -0.1) is 0 Å². The number of sulfone groups is 1. The van der Waals surface area contributed by atoms with Gasteiger partial charge in [0.25, 0.3) is 0 Å². The normalized spacial score (nSPS) is 19.4. The topological polar surface area (TPSA) is 54.5 Å². The summed E-state index contributed by atoms with van der Waals surface area (Å²) in [6, 6.07) is 0. The highest BCUT2D eigenvalue weighted by molar-refractivity contribution is 7.90. The molecule has 1 amide bonds. The van der Waals surface area contributed by atoms with Crippen LogP contribution in [0.5, 0.6) is 0 Å². The molecule has 27 heavy (non-hydrogen) atoms. The standard InChI is InChI=1S/C11H21NO.C9H18O2S.2CH4/c1-10(13)12(3)9-8-11(2)6-4-5-7-11;1-9(5-3-6-9)7-4-8-12(2,10)11;;/h4-9H2,1-3H3;3-8H2,1-2H3;2*1H4. The second-order valence-electron chi connectivity index (χ2n) is 9.11. The SMILES string of the molecule is C.C.CC(=O)N(C)CCC1(C)CCCC1.CC1(CCCS(C)(=O)=O)CCC1. The molecule has 5 heteroatoms. The maximum atomic E-state index is 11.0. The molecule has 0 bridgehead atoms. The summed E-state index contributed by atoms with van der Waals surface area (Å²) < 4.78 is 21.6. The Morgan fingerprint density at radius 2 is 1.37 bits per heavy atom. The van der Waals surface area contributed by atoms with Crippen molar-refractivity contribution in [2.75, 3.05) is 25.6 Å². The largest absolute Gasteiger partial charge is 0.346 e. The Balaban J connectivity index is 0. The third-order valence-electron chi connectivity index (χ3n) is 6.26. The molecule has 0 aromatic heterocycles. The number of carbonyl (C=O) groups is 1. The summed E-state index contributed by atoms with van der Waals surface area (Å²) in [5, 5.41) is 0. The second kappa shape index (κ2) is 12.1. The fraction of sp³-hybridized carbons (Fsp3) is 0.955. The van der Waals surface area contributed by atoms with Gasteiger partial charge >= 0.3 is 0 Å². The van der Waals surface area contributed by atoms with E-state index in [2.05, 4.69) is 13.8 Å². The highest BCUT2D eigenvalue weighted by Gasteiger charge is 2.31. The van der Waals surface area contributed by atoms with Crippen LogP contribution in [0.25, 0.3) is 0 Å². The molecule has 0 unspecified atom stereocenters. The lowest BCUT2D eigenvalue weighted by Gasteiger charge is -2.38. The van der Waals surface area contributed by atoms with E-state index in [-0.39, 0.29) is 20.8 Å². The smallest absolute Gasteiger partial charge is 0.219 e. The van der Waals surface area contributed by atoms with Crippen LogP contribution in [0.3, 0.4) is 0 Å². The van der Waals surface area contributed by atoms with Gasteiger partial charge in [-0.05, 0) is 55.8 Å². The van der Waals surface area contributed by atoms with Gasteiger partial charge in [0.1, 0.15) is 9.84 Å². The third kappa shape index (κ3) is 11.8. The van der Waals surface area contributed by atoms with E-state index in [1.54, 1.807) is 6.92 Å². The summed E-state index contributed by atoms with van der Waals surface area (Å²) in [6.45, 7) is 7.18. The molecule has 0 N–H and O–H groups in total. The average molecular weight is 406 g/mol. The summed E-state index contributed by atoms with van der Waals surface area (Å²) in [5.41, 5.74) is 0.994. The van der Waals surface area contributed by atoms with Gasteiger partial charge in [-0.2, -0.15) is 0 Å². The molecule has 0 aromatic rings. The molecular formula is C22H47NO3S. The highest BCUT2D eigenvalue weighted by Crippen LogP contribution is 2.44. The van der Waals surface area contributed by atoms with Gasteiger partial charge in [0.15, 0.2) is 0 Å². The van der Waals surface area contributed by atoms with Crippen LogP contribution >= 0.6 is 0 Å². The van der Waals surface area contributed by atoms with Crippen molar-refractivity contribution in [1.82, 2.24) is 4.90 Å². The van der Waals surface area contributed by atoms with Gasteiger partial charge in [0.05, 0.1) is 0 Å². The van der Waals surface area contributed by atoms with Gasteiger partial charge in [-0.3, -0.25) is 4.79 Å². The summed E-state index contributed by atoms with van der Waals surface area (Å²) >= 11 is 0. The summed E-state index contributed by atoms with van der Waals surface area (Å²) in [6.07, 6.45) is 13.8. The second-order valence-corrected chi connectivity index (χ2v) is 11.4. The zero-order valence-corrected chi connectivity index (χ0v) is 17.9. The van der Waals surface area contributed by atoms with E-state index in [1.165, 1.54) is 57.6 Å². The van der Waals surface area contributed by atoms with Crippen LogP contribution in [0.4, 0.5) is 0 Å². The first-order valence-electron chi connectivity index (χ1n) is 9.84. The van der Waals surface area contributed by atoms with Gasteiger partial charge in [-0.25, -0.2) is 8.42 Å². The van der Waals surface area contributed by atoms with Crippen LogP contribution in [0.2, 0.25) is 0 Å². The average Bonchev–Trinajstić information content (AvgIpc) is 2.89. The molecule has 0 heterocycles. The van der Waals surface area contributed by atoms with Gasteiger partial charge in [0, 0.05) is 32.5 Å². The molecule has 0 radical (unpaired) electrons. The Morgan fingerprint density at radius 1 is 0.926 bits per heavy atom. The summed E-state index contributed by atoms with van der Waals surface area (Å²) in [4.78, 5) is 12.8. The van der Waals surface area contributed by atoms with Crippen LogP contribution in [-0.2, 0) is 14.6 Å². The van der Waals surface area contributed by atoms with E-state index in [0.717, 1.165) is 19.4 Å². The predicted octanol–water partition coefficient (Wildman–Crippen LogP) is 5.71. The quantitative estimate of drug-likeness (QED) is 0.545. The summed E-state index contributed by atoms with van der Waals surface area (Å²) in [5.74, 6) is 0.546. The van der Waals surface area contributed by atoms with Crippen LogP contribution in [0, 0.1) is 10.8 Å². The lowest BCUT2D eigenvalue weighted by atomic mass is 9.68. The van der Waals surface area contributed by atoms with Crippen molar-refractivity contribution in [3.63, 3.8) is 0 Å². The molecule has 2 aliphatic rings. The molecular weight excluding hydrogens is 358 g/mol. The molecule has 0 atom stereocenters. The van der Waals surface area contributed by atoms with Gasteiger partial charge in [-0.1, -0.05) is 48.0 Å². The number of hydrogen-bond donors (Lipinski definition) is 0. The Bertz CT molecular complexity index is 518. The summed E-state index contributed by atoms with van der Waals surface area (Å²) in [7, 11) is -0.841. The Hall–Kier alpha value is -0.580. The van der Waals surface area contributed by atoms with E-state index in [9.17, 15) is 13.2 Å². The van der Waals surface area contributed by atoms with Crippen molar-refractivity contribution in [1.29, 1.82) is 0 Å². The molecule has 2 rings (SSSR count). The molecule has 0 saturated heterocycles. The first kappa shape index (κ1) is 28.6. The number of rotatable bonds is 7. The molecule has 4 nitrogen and oxygen atoms in total. The van der Waals surface area contributed by atoms with Crippen LogP contribution in [-0.4, -0.2) is 44.8 Å². The fourth-order valence-corrected chi connectivity index (χ4v) is 4.53. The number of carbonyl (C=O) groups excluding carboxylic acids is 1. The minimum Gasteiger partial charge on any atom is -0.346 e. The zero-order valence-electron chi connectivity index (χ0n) is 17.1. The van der Waals surface area contributed by atoms with E-state index in [1.807, 2.05) is 11.9 Å². The predicted molar refractivity (Wildman–Crippen MR) is 119 cm³/mol. The Labute approximate surface area is 170 Å². The third-order valence-corrected chi connectivity index (χ3v) is 7.29.